The van der Waals surface area contributed by atoms with Crippen LogP contribution in [0.15, 0.2) is 55.1 Å². The van der Waals surface area contributed by atoms with Crippen LogP contribution in [0.2, 0.25) is 0 Å². The summed E-state index contributed by atoms with van der Waals surface area (Å²) in [5, 5.41) is 0. The van der Waals surface area contributed by atoms with Gasteiger partial charge < -0.3 is 9.47 Å². The highest BCUT2D eigenvalue weighted by atomic mass is 16.5. The Labute approximate surface area is 125 Å². The van der Waals surface area contributed by atoms with Crippen molar-refractivity contribution in [3.8, 4) is 11.5 Å². The average Bonchev–Trinajstić information content (AvgIpc) is 2.55. The lowest BCUT2D eigenvalue weighted by Gasteiger charge is -1.98. The predicted octanol–water partition coefficient (Wildman–Crippen LogP) is 4.24. The molecule has 0 spiro atoms. The first kappa shape index (κ1) is 16.5. The second kappa shape index (κ2) is 8.59. The summed E-state index contributed by atoms with van der Waals surface area (Å²) in [6.45, 7) is 5.19. The van der Waals surface area contributed by atoms with Crippen LogP contribution < -0.4 is 9.47 Å². The van der Waals surface area contributed by atoms with Crippen molar-refractivity contribution in [2.45, 2.75) is 6.92 Å². The fraction of sp³-hybridized carbons (Fsp3) is 0.167. The smallest absolute Gasteiger partial charge is 0.159 e. The third kappa shape index (κ3) is 5.53. The Balaban J connectivity index is 0.000000211. The molecule has 0 aliphatic heterocycles. The largest absolute Gasteiger partial charge is 0.497 e. The van der Waals surface area contributed by atoms with E-state index >= 15 is 0 Å². The Kier molecular flexibility index (Phi) is 6.75. The highest BCUT2D eigenvalue weighted by Gasteiger charge is 1.97. The molecule has 3 nitrogen and oxygen atoms in total. The third-order valence-electron chi connectivity index (χ3n) is 2.85. The van der Waals surface area contributed by atoms with Crippen LogP contribution in [0.3, 0.4) is 0 Å². The molecule has 0 unspecified atom stereocenters. The van der Waals surface area contributed by atoms with Gasteiger partial charge in [0.2, 0.25) is 0 Å². The van der Waals surface area contributed by atoms with Crippen LogP contribution in [0, 0.1) is 0 Å². The first-order valence-corrected chi connectivity index (χ1v) is 6.52. The molecule has 0 saturated heterocycles. The van der Waals surface area contributed by atoms with Gasteiger partial charge in [-0.05, 0) is 48.9 Å². The molecule has 2 aromatic carbocycles. The second-order valence-corrected chi connectivity index (χ2v) is 4.26. The van der Waals surface area contributed by atoms with Crippen LogP contribution >= 0.6 is 0 Å². The molecule has 0 fully saturated rings. The van der Waals surface area contributed by atoms with Crippen molar-refractivity contribution in [2.75, 3.05) is 14.2 Å². The number of rotatable bonds is 4. The Bertz CT molecular complexity index is 568. The van der Waals surface area contributed by atoms with Gasteiger partial charge in [-0.3, -0.25) is 4.79 Å². The van der Waals surface area contributed by atoms with Crippen molar-refractivity contribution in [3.63, 3.8) is 0 Å². The molecule has 0 amide bonds. The van der Waals surface area contributed by atoms with E-state index in [4.69, 9.17) is 9.47 Å². The van der Waals surface area contributed by atoms with Crippen molar-refractivity contribution in [1.29, 1.82) is 0 Å². The highest BCUT2D eigenvalue weighted by molar-refractivity contribution is 5.94. The zero-order chi connectivity index (χ0) is 15.7. The van der Waals surface area contributed by atoms with E-state index in [2.05, 4.69) is 6.58 Å². The van der Waals surface area contributed by atoms with E-state index in [-0.39, 0.29) is 5.78 Å². The number of ketones is 1. The van der Waals surface area contributed by atoms with Crippen LogP contribution in [-0.4, -0.2) is 20.0 Å². The molecule has 3 heteroatoms. The quantitative estimate of drug-likeness (QED) is 0.788. The number of carbonyl (C=O) groups excluding carboxylic acids is 1. The van der Waals surface area contributed by atoms with Gasteiger partial charge in [0, 0.05) is 5.56 Å². The zero-order valence-electron chi connectivity index (χ0n) is 12.6. The molecular weight excluding hydrogens is 264 g/mol. The minimum atomic E-state index is 0.0765. The molecule has 0 saturated carbocycles. The topological polar surface area (TPSA) is 35.5 Å². The highest BCUT2D eigenvalue weighted by Crippen LogP contribution is 2.11. The Hall–Kier alpha value is -2.55. The number of methoxy groups -OCH3 is 2. The van der Waals surface area contributed by atoms with Crippen molar-refractivity contribution < 1.29 is 14.3 Å². The van der Waals surface area contributed by atoms with Crippen LogP contribution in [0.5, 0.6) is 11.5 Å². The predicted molar refractivity (Wildman–Crippen MR) is 86.1 cm³/mol. The van der Waals surface area contributed by atoms with Crippen LogP contribution in [0.25, 0.3) is 6.08 Å². The fourth-order valence-corrected chi connectivity index (χ4v) is 1.57. The molecule has 0 radical (unpaired) electrons. The first-order valence-electron chi connectivity index (χ1n) is 6.52. The zero-order valence-corrected chi connectivity index (χ0v) is 12.6. The van der Waals surface area contributed by atoms with Crippen molar-refractivity contribution in [2.24, 2.45) is 0 Å². The van der Waals surface area contributed by atoms with Crippen molar-refractivity contribution in [1.82, 2.24) is 0 Å². The lowest BCUT2D eigenvalue weighted by molar-refractivity contribution is 0.101. The molecule has 0 atom stereocenters. The van der Waals surface area contributed by atoms with Crippen molar-refractivity contribution >= 4 is 11.9 Å². The molecule has 21 heavy (non-hydrogen) atoms. The van der Waals surface area contributed by atoms with E-state index in [1.165, 1.54) is 0 Å². The summed E-state index contributed by atoms with van der Waals surface area (Å²) < 4.78 is 9.92. The normalized spacial score (nSPS) is 9.10. The maximum Gasteiger partial charge on any atom is 0.159 e. The number of benzene rings is 2. The molecule has 0 aliphatic rings. The summed E-state index contributed by atoms with van der Waals surface area (Å²) in [7, 11) is 3.26. The number of hydrogen-bond donors (Lipinski definition) is 0. The Morgan fingerprint density at radius 2 is 1.33 bits per heavy atom. The number of Topliss-reactive ketones (excluding diaryl/α,β-unsaturated/α-hetero) is 1. The van der Waals surface area contributed by atoms with Crippen molar-refractivity contribution in [3.05, 3.63) is 66.2 Å². The summed E-state index contributed by atoms with van der Waals surface area (Å²) in [4.78, 5) is 10.8. The van der Waals surface area contributed by atoms with Gasteiger partial charge in [-0.1, -0.05) is 24.8 Å². The first-order chi connectivity index (χ1) is 10.1. The van der Waals surface area contributed by atoms with Crippen LogP contribution in [-0.2, 0) is 0 Å². The minimum Gasteiger partial charge on any atom is -0.497 e. The van der Waals surface area contributed by atoms with Gasteiger partial charge in [-0.25, -0.2) is 0 Å². The maximum absolute atomic E-state index is 10.8. The van der Waals surface area contributed by atoms with E-state index in [0.717, 1.165) is 17.1 Å². The Morgan fingerprint density at radius 1 is 0.905 bits per heavy atom. The standard InChI is InChI=1S/C9H10O2.C9H10O/c1-7(10)8-3-5-9(11-2)6-4-8;1-3-8-4-6-9(10-2)7-5-8/h3-6H,1-2H3;3-7H,1H2,2H3. The number of carbonyl (C=O) groups is 1. The van der Waals surface area contributed by atoms with E-state index in [9.17, 15) is 4.79 Å². The monoisotopic (exact) mass is 284 g/mol. The summed E-state index contributed by atoms with van der Waals surface area (Å²) in [5.74, 6) is 1.73. The molecule has 0 N–H and O–H groups in total. The molecule has 0 aliphatic carbocycles. The fourth-order valence-electron chi connectivity index (χ4n) is 1.57. The lowest BCUT2D eigenvalue weighted by Crippen LogP contribution is -1.91. The van der Waals surface area contributed by atoms with Gasteiger partial charge in [0.25, 0.3) is 0 Å². The average molecular weight is 284 g/mol. The van der Waals surface area contributed by atoms with Gasteiger partial charge in [-0.2, -0.15) is 0 Å². The van der Waals surface area contributed by atoms with Crippen LogP contribution in [0.1, 0.15) is 22.8 Å². The van der Waals surface area contributed by atoms with Gasteiger partial charge in [-0.15, -0.1) is 0 Å². The van der Waals surface area contributed by atoms with Crippen LogP contribution in [0.4, 0.5) is 0 Å². The van der Waals surface area contributed by atoms with E-state index in [1.807, 2.05) is 24.3 Å². The third-order valence-corrected chi connectivity index (χ3v) is 2.85. The summed E-state index contributed by atoms with van der Waals surface area (Å²) in [6, 6.07) is 14.8. The molecule has 0 bridgehead atoms. The molecular formula is C18H20O3. The number of ether oxygens (including phenoxy) is 2. The second-order valence-electron chi connectivity index (χ2n) is 4.26. The summed E-state index contributed by atoms with van der Waals surface area (Å²) in [5.41, 5.74) is 1.83. The molecule has 0 heterocycles. The van der Waals surface area contributed by atoms with Gasteiger partial charge in [0.05, 0.1) is 14.2 Å². The van der Waals surface area contributed by atoms with Gasteiger partial charge in [0.1, 0.15) is 11.5 Å². The lowest BCUT2D eigenvalue weighted by atomic mass is 10.1. The minimum absolute atomic E-state index is 0.0765. The summed E-state index contributed by atoms with van der Waals surface area (Å²) in [6.07, 6.45) is 1.80. The molecule has 0 aromatic heterocycles. The SMILES string of the molecule is C=Cc1ccc(OC)cc1.COc1ccc(C(C)=O)cc1. The molecule has 110 valence electrons. The molecule has 2 aromatic rings. The summed E-state index contributed by atoms with van der Waals surface area (Å²) >= 11 is 0. The van der Waals surface area contributed by atoms with E-state index < -0.39 is 0 Å². The number of hydrogen-bond acceptors (Lipinski definition) is 3. The van der Waals surface area contributed by atoms with E-state index in [1.54, 1.807) is 51.5 Å². The Morgan fingerprint density at radius 3 is 1.67 bits per heavy atom. The van der Waals surface area contributed by atoms with E-state index in [0.29, 0.717) is 5.56 Å². The maximum atomic E-state index is 10.8. The van der Waals surface area contributed by atoms with Gasteiger partial charge >= 0.3 is 0 Å². The van der Waals surface area contributed by atoms with Gasteiger partial charge in [0.15, 0.2) is 5.78 Å². The molecule has 2 rings (SSSR count).